The lowest BCUT2D eigenvalue weighted by Gasteiger charge is -2.16. The summed E-state index contributed by atoms with van der Waals surface area (Å²) in [5, 5.41) is 7.19. The number of fused-ring (bicyclic) bond motifs is 1. The molecule has 176 valence electrons. The van der Waals surface area contributed by atoms with Crippen molar-refractivity contribution in [2.24, 2.45) is 0 Å². The van der Waals surface area contributed by atoms with Gasteiger partial charge < -0.3 is 19.3 Å². The van der Waals surface area contributed by atoms with Crippen molar-refractivity contribution in [3.8, 4) is 17.0 Å². The van der Waals surface area contributed by atoms with E-state index in [1.165, 1.54) is 14.0 Å². The van der Waals surface area contributed by atoms with Crippen molar-refractivity contribution in [3.05, 3.63) is 56.9 Å². The van der Waals surface area contributed by atoms with E-state index in [-0.39, 0.29) is 11.3 Å². The number of methoxy groups -OCH3 is 1. The van der Waals surface area contributed by atoms with Crippen molar-refractivity contribution < 1.29 is 23.6 Å². The van der Waals surface area contributed by atoms with Gasteiger partial charge in [-0.25, -0.2) is 9.78 Å². The van der Waals surface area contributed by atoms with Crippen molar-refractivity contribution >= 4 is 40.0 Å². The quantitative estimate of drug-likeness (QED) is 0.370. The molecule has 9 heteroatoms. The Hall–Kier alpha value is -3.72. The lowest BCUT2D eigenvalue weighted by molar-refractivity contribution is -0.123. The van der Waals surface area contributed by atoms with Crippen LogP contribution in [-0.2, 0) is 9.53 Å². The molecule has 1 amide bonds. The van der Waals surface area contributed by atoms with Gasteiger partial charge in [0.2, 0.25) is 0 Å². The Labute approximate surface area is 200 Å². The third-order valence-corrected chi connectivity index (χ3v) is 6.39. The van der Waals surface area contributed by atoms with E-state index < -0.39 is 18.0 Å². The summed E-state index contributed by atoms with van der Waals surface area (Å²) in [4.78, 5) is 32.8. The molecule has 0 saturated heterocycles. The Bertz CT molecular complexity index is 1410. The number of amides is 1. The number of thiophene rings is 1. The van der Waals surface area contributed by atoms with Gasteiger partial charge in [-0.2, -0.15) is 0 Å². The van der Waals surface area contributed by atoms with Gasteiger partial charge in [-0.3, -0.25) is 4.79 Å². The molecular formula is C25H25N3O5S. The Balaban J connectivity index is 1.62. The maximum atomic E-state index is 13.2. The number of pyridine rings is 1. The second-order valence-electron chi connectivity index (χ2n) is 8.07. The van der Waals surface area contributed by atoms with Crippen molar-refractivity contribution in [3.63, 3.8) is 0 Å². The zero-order valence-corrected chi connectivity index (χ0v) is 20.6. The molecule has 4 rings (SSSR count). The van der Waals surface area contributed by atoms with Crippen molar-refractivity contribution in [1.82, 2.24) is 10.1 Å². The van der Waals surface area contributed by atoms with E-state index in [1.54, 1.807) is 36.5 Å². The van der Waals surface area contributed by atoms with Crippen molar-refractivity contribution in [2.45, 2.75) is 40.7 Å². The standard InChI is InChI=1S/C25H25N3O5S/c1-12-7-8-21(31-6)20(9-12)26-23(29)15(4)32-25(30)18-11-19(17-10-13(2)34-16(17)5)27-24-22(18)14(3)28-33-24/h7-11,15H,1-6H3,(H,26,29). The van der Waals surface area contributed by atoms with E-state index in [2.05, 4.69) is 15.5 Å². The fourth-order valence-corrected chi connectivity index (χ4v) is 4.64. The zero-order chi connectivity index (χ0) is 24.6. The van der Waals surface area contributed by atoms with Crippen LogP contribution < -0.4 is 10.1 Å². The van der Waals surface area contributed by atoms with E-state index in [0.29, 0.717) is 28.2 Å². The number of benzene rings is 1. The monoisotopic (exact) mass is 479 g/mol. The molecule has 0 radical (unpaired) electrons. The molecular weight excluding hydrogens is 454 g/mol. The first-order valence-electron chi connectivity index (χ1n) is 10.7. The molecule has 1 aromatic carbocycles. The number of nitrogens with one attached hydrogen (secondary N) is 1. The van der Waals surface area contributed by atoms with Gasteiger partial charge in [-0.05, 0) is 64.4 Å². The lowest BCUT2D eigenvalue weighted by atomic mass is 10.1. The summed E-state index contributed by atoms with van der Waals surface area (Å²) in [5.74, 6) is -0.628. The van der Waals surface area contributed by atoms with Crippen LogP contribution in [0.2, 0.25) is 0 Å². The molecule has 0 aliphatic heterocycles. The number of anilines is 1. The highest BCUT2D eigenvalue weighted by molar-refractivity contribution is 7.12. The molecule has 8 nitrogen and oxygen atoms in total. The SMILES string of the molecule is COc1ccc(C)cc1NC(=O)C(C)OC(=O)c1cc(-c2cc(C)sc2C)nc2onc(C)c12. The molecule has 1 N–H and O–H groups in total. The first-order valence-corrected chi connectivity index (χ1v) is 11.5. The molecule has 0 bridgehead atoms. The number of ether oxygens (including phenoxy) is 2. The fourth-order valence-electron chi connectivity index (χ4n) is 3.71. The van der Waals surface area contributed by atoms with Crippen LogP contribution in [0, 0.1) is 27.7 Å². The average molecular weight is 480 g/mol. The smallest absolute Gasteiger partial charge is 0.339 e. The molecule has 3 heterocycles. The highest BCUT2D eigenvalue weighted by Gasteiger charge is 2.25. The Morgan fingerprint density at radius 1 is 1.12 bits per heavy atom. The van der Waals surface area contributed by atoms with E-state index in [9.17, 15) is 9.59 Å². The number of nitrogens with zero attached hydrogens (tertiary/aromatic N) is 2. The first-order chi connectivity index (χ1) is 16.2. The average Bonchev–Trinajstić information content (AvgIpc) is 3.34. The summed E-state index contributed by atoms with van der Waals surface area (Å²) in [6, 6.07) is 9.10. The van der Waals surface area contributed by atoms with Gasteiger partial charge in [-0.1, -0.05) is 11.2 Å². The summed E-state index contributed by atoms with van der Waals surface area (Å²) >= 11 is 1.64. The molecule has 34 heavy (non-hydrogen) atoms. The van der Waals surface area contributed by atoms with Crippen LogP contribution in [0.25, 0.3) is 22.4 Å². The minimum Gasteiger partial charge on any atom is -0.495 e. The van der Waals surface area contributed by atoms with E-state index in [0.717, 1.165) is 20.9 Å². The van der Waals surface area contributed by atoms with E-state index in [1.807, 2.05) is 32.9 Å². The highest BCUT2D eigenvalue weighted by atomic mass is 32.1. The van der Waals surface area contributed by atoms with Crippen LogP contribution in [0.1, 0.15) is 38.3 Å². The largest absolute Gasteiger partial charge is 0.495 e. The molecule has 0 aliphatic rings. The Morgan fingerprint density at radius 3 is 2.56 bits per heavy atom. The number of carbonyl (C=O) groups excluding carboxylic acids is 2. The normalized spacial score (nSPS) is 11.9. The molecule has 0 fully saturated rings. The summed E-state index contributed by atoms with van der Waals surface area (Å²) in [5.41, 5.74) is 3.95. The van der Waals surface area contributed by atoms with Gasteiger partial charge in [0.25, 0.3) is 11.6 Å². The number of hydrogen-bond acceptors (Lipinski definition) is 8. The maximum Gasteiger partial charge on any atom is 0.339 e. The molecule has 3 aromatic heterocycles. The van der Waals surface area contributed by atoms with Crippen LogP contribution in [0.5, 0.6) is 5.75 Å². The van der Waals surface area contributed by atoms with Crippen LogP contribution in [-0.4, -0.2) is 35.2 Å². The van der Waals surface area contributed by atoms with Gasteiger partial charge in [0.05, 0.1) is 35.1 Å². The number of hydrogen-bond donors (Lipinski definition) is 1. The van der Waals surface area contributed by atoms with Gasteiger partial charge in [-0.15, -0.1) is 11.3 Å². The van der Waals surface area contributed by atoms with Crippen LogP contribution in [0.15, 0.2) is 34.9 Å². The second kappa shape index (κ2) is 9.26. The van der Waals surface area contributed by atoms with E-state index >= 15 is 0 Å². The van der Waals surface area contributed by atoms with Gasteiger partial charge in [0.1, 0.15) is 5.75 Å². The third-order valence-electron chi connectivity index (χ3n) is 5.42. The van der Waals surface area contributed by atoms with Crippen molar-refractivity contribution in [1.29, 1.82) is 0 Å². The molecule has 0 aliphatic carbocycles. The predicted octanol–water partition coefficient (Wildman–Crippen LogP) is 5.38. The molecule has 4 aromatic rings. The molecule has 0 spiro atoms. The summed E-state index contributed by atoms with van der Waals surface area (Å²) < 4.78 is 16.2. The van der Waals surface area contributed by atoms with Crippen LogP contribution in [0.4, 0.5) is 5.69 Å². The predicted molar refractivity (Wildman–Crippen MR) is 131 cm³/mol. The first kappa shape index (κ1) is 23.4. The van der Waals surface area contributed by atoms with Gasteiger partial charge >= 0.3 is 5.97 Å². The topological polar surface area (TPSA) is 104 Å². The molecule has 1 unspecified atom stereocenters. The number of esters is 1. The maximum absolute atomic E-state index is 13.2. The number of carbonyl (C=O) groups is 2. The number of rotatable bonds is 6. The van der Waals surface area contributed by atoms with E-state index in [4.69, 9.17) is 14.0 Å². The molecule has 0 saturated carbocycles. The fraction of sp³-hybridized carbons (Fsp3) is 0.280. The highest BCUT2D eigenvalue weighted by Crippen LogP contribution is 2.33. The minimum atomic E-state index is -1.06. The third kappa shape index (κ3) is 4.51. The Morgan fingerprint density at radius 2 is 1.88 bits per heavy atom. The summed E-state index contributed by atoms with van der Waals surface area (Å²) in [7, 11) is 1.52. The number of aryl methyl sites for hydroxylation is 4. The minimum absolute atomic E-state index is 0.242. The molecule has 1 atom stereocenters. The van der Waals surface area contributed by atoms with Crippen LogP contribution >= 0.6 is 11.3 Å². The van der Waals surface area contributed by atoms with Crippen molar-refractivity contribution in [2.75, 3.05) is 12.4 Å². The van der Waals surface area contributed by atoms with Crippen LogP contribution in [0.3, 0.4) is 0 Å². The lowest BCUT2D eigenvalue weighted by Crippen LogP contribution is -2.30. The van der Waals surface area contributed by atoms with Gasteiger partial charge in [0, 0.05) is 15.3 Å². The summed E-state index contributed by atoms with van der Waals surface area (Å²) in [6.07, 6.45) is -1.06. The van der Waals surface area contributed by atoms with Gasteiger partial charge in [0.15, 0.2) is 6.10 Å². The zero-order valence-electron chi connectivity index (χ0n) is 19.8. The number of aromatic nitrogens is 2. The summed E-state index contributed by atoms with van der Waals surface area (Å²) in [6.45, 7) is 9.15. The Kier molecular flexibility index (Phi) is 6.39. The second-order valence-corrected chi connectivity index (χ2v) is 9.53.